The number of alkyl halides is 1. The average molecular weight is 251 g/mol. The summed E-state index contributed by atoms with van der Waals surface area (Å²) in [5.41, 5.74) is 0. The molecule has 92 valence electrons. The molecule has 0 saturated carbocycles. The van der Waals surface area contributed by atoms with Crippen LogP contribution < -0.4 is 4.74 Å². The predicted molar refractivity (Wildman–Crippen MR) is 76.1 cm³/mol. The zero-order valence-electron chi connectivity index (χ0n) is 10.6. The Balaban J connectivity index is 0.000000581. The molecule has 0 saturated heterocycles. The topological polar surface area (TPSA) is 9.23 Å². The second-order valence-electron chi connectivity index (χ2n) is 2.73. The number of rotatable bonds is 2. The van der Waals surface area contributed by atoms with E-state index in [1.54, 1.807) is 0 Å². The summed E-state index contributed by atoms with van der Waals surface area (Å²) in [5.74, 6) is 1.74. The van der Waals surface area contributed by atoms with Gasteiger partial charge in [-0.3, -0.25) is 0 Å². The van der Waals surface area contributed by atoms with Gasteiger partial charge in [-0.2, -0.15) is 0 Å². The Labute approximate surface area is 109 Å². The van der Waals surface area contributed by atoms with Crippen molar-refractivity contribution in [2.75, 3.05) is 6.38 Å². The van der Waals surface area contributed by atoms with E-state index in [9.17, 15) is 0 Å². The predicted octanol–water partition coefficient (Wildman–Crippen LogP) is 5.36. The zero-order valence-corrected chi connectivity index (χ0v) is 11.3. The standard InChI is InChI=1S/C12H10O.C2H6.CH3Cl/c1-3-7-11(8-4-1)13-12-9-5-2-6-10-12;2*1-2/h1-10H;1-2H3;1H3. The van der Waals surface area contributed by atoms with Crippen molar-refractivity contribution in [2.24, 2.45) is 0 Å². The maximum atomic E-state index is 5.58. The van der Waals surface area contributed by atoms with Crippen molar-refractivity contribution < 1.29 is 4.74 Å². The molecule has 0 atom stereocenters. The molecule has 0 fully saturated rings. The van der Waals surface area contributed by atoms with Crippen LogP contribution in [0, 0.1) is 0 Å². The molecule has 17 heavy (non-hydrogen) atoms. The molecule has 0 aliphatic carbocycles. The Kier molecular flexibility index (Phi) is 10.1. The van der Waals surface area contributed by atoms with Crippen LogP contribution in [0.1, 0.15) is 13.8 Å². The SMILES string of the molecule is CC.CCl.c1ccc(Oc2ccccc2)cc1. The van der Waals surface area contributed by atoms with E-state index in [0.29, 0.717) is 0 Å². The summed E-state index contributed by atoms with van der Waals surface area (Å²) >= 11 is 4.64. The molecule has 0 aliphatic heterocycles. The van der Waals surface area contributed by atoms with Gasteiger partial charge >= 0.3 is 0 Å². The highest BCUT2D eigenvalue weighted by Crippen LogP contribution is 2.19. The first kappa shape index (κ1) is 15.5. The summed E-state index contributed by atoms with van der Waals surface area (Å²) < 4.78 is 5.58. The molecular weight excluding hydrogens is 232 g/mol. The third kappa shape index (κ3) is 6.64. The van der Waals surface area contributed by atoms with Gasteiger partial charge in [0.05, 0.1) is 0 Å². The lowest BCUT2D eigenvalue weighted by Gasteiger charge is -2.03. The van der Waals surface area contributed by atoms with E-state index in [1.807, 2.05) is 74.5 Å². The Hall–Kier alpha value is -1.47. The fourth-order valence-electron chi connectivity index (χ4n) is 1.11. The number of hydrogen-bond acceptors (Lipinski definition) is 1. The highest BCUT2D eigenvalue weighted by atomic mass is 35.5. The summed E-state index contributed by atoms with van der Waals surface area (Å²) in [6.45, 7) is 4.00. The van der Waals surface area contributed by atoms with Crippen LogP contribution in [0.25, 0.3) is 0 Å². The van der Waals surface area contributed by atoms with Crippen molar-refractivity contribution >= 4 is 11.6 Å². The van der Waals surface area contributed by atoms with Crippen molar-refractivity contribution in [3.63, 3.8) is 0 Å². The Bertz CT molecular complexity index is 322. The normalized spacial score (nSPS) is 8.00. The van der Waals surface area contributed by atoms with E-state index in [4.69, 9.17) is 4.74 Å². The molecule has 2 rings (SSSR count). The second-order valence-corrected chi connectivity index (χ2v) is 2.73. The highest BCUT2D eigenvalue weighted by Gasteiger charge is 1.92. The summed E-state index contributed by atoms with van der Waals surface area (Å²) in [5, 5.41) is 0. The van der Waals surface area contributed by atoms with E-state index in [2.05, 4.69) is 11.6 Å². The molecule has 0 aromatic heterocycles. The van der Waals surface area contributed by atoms with E-state index in [-0.39, 0.29) is 0 Å². The maximum absolute atomic E-state index is 5.58. The van der Waals surface area contributed by atoms with Crippen molar-refractivity contribution in [3.05, 3.63) is 60.7 Å². The van der Waals surface area contributed by atoms with E-state index < -0.39 is 0 Å². The van der Waals surface area contributed by atoms with E-state index >= 15 is 0 Å². The van der Waals surface area contributed by atoms with Crippen LogP contribution in [0.4, 0.5) is 0 Å². The molecule has 2 heteroatoms. The van der Waals surface area contributed by atoms with E-state index in [1.165, 1.54) is 6.38 Å². The molecule has 2 aromatic rings. The van der Waals surface area contributed by atoms with Gasteiger partial charge in [0.15, 0.2) is 0 Å². The van der Waals surface area contributed by atoms with Crippen molar-refractivity contribution in [1.29, 1.82) is 0 Å². The third-order valence-electron chi connectivity index (χ3n) is 1.72. The van der Waals surface area contributed by atoms with Crippen molar-refractivity contribution in [2.45, 2.75) is 13.8 Å². The van der Waals surface area contributed by atoms with Crippen molar-refractivity contribution in [3.8, 4) is 11.5 Å². The maximum Gasteiger partial charge on any atom is 0.127 e. The monoisotopic (exact) mass is 250 g/mol. The molecule has 0 spiro atoms. The number of para-hydroxylation sites is 2. The fraction of sp³-hybridized carbons (Fsp3) is 0.200. The van der Waals surface area contributed by atoms with E-state index in [0.717, 1.165) is 11.5 Å². The van der Waals surface area contributed by atoms with Gasteiger partial charge in [0.25, 0.3) is 0 Å². The lowest BCUT2D eigenvalue weighted by atomic mass is 10.3. The molecule has 0 bridgehead atoms. The lowest BCUT2D eigenvalue weighted by Crippen LogP contribution is -1.81. The largest absolute Gasteiger partial charge is 0.457 e. The highest BCUT2D eigenvalue weighted by molar-refractivity contribution is 6.15. The molecule has 2 aromatic carbocycles. The van der Waals surface area contributed by atoms with Crippen LogP contribution in [0.3, 0.4) is 0 Å². The second kappa shape index (κ2) is 11.0. The van der Waals surface area contributed by atoms with Crippen LogP contribution in [0.15, 0.2) is 60.7 Å². The van der Waals surface area contributed by atoms with Gasteiger partial charge in [-0.25, -0.2) is 0 Å². The molecule has 0 N–H and O–H groups in total. The van der Waals surface area contributed by atoms with Gasteiger partial charge in [-0.05, 0) is 24.3 Å². The summed E-state index contributed by atoms with van der Waals surface area (Å²) in [7, 11) is 0. The third-order valence-corrected chi connectivity index (χ3v) is 1.72. The number of halogens is 1. The van der Waals surface area contributed by atoms with Gasteiger partial charge in [0.1, 0.15) is 11.5 Å². The lowest BCUT2D eigenvalue weighted by molar-refractivity contribution is 0.482. The van der Waals surface area contributed by atoms with Gasteiger partial charge in [0.2, 0.25) is 0 Å². The van der Waals surface area contributed by atoms with Crippen LogP contribution in [0.5, 0.6) is 11.5 Å². The number of hydrogen-bond donors (Lipinski definition) is 0. The fourth-order valence-corrected chi connectivity index (χ4v) is 1.11. The molecule has 0 unspecified atom stereocenters. The minimum atomic E-state index is 0.869. The minimum Gasteiger partial charge on any atom is -0.457 e. The minimum absolute atomic E-state index is 0.869. The van der Waals surface area contributed by atoms with Crippen LogP contribution >= 0.6 is 11.6 Å². The summed E-state index contributed by atoms with van der Waals surface area (Å²) in [4.78, 5) is 0. The number of benzene rings is 2. The van der Waals surface area contributed by atoms with Crippen LogP contribution in [-0.4, -0.2) is 6.38 Å². The molecule has 0 radical (unpaired) electrons. The average Bonchev–Trinajstić information content (AvgIpc) is 2.45. The van der Waals surface area contributed by atoms with Gasteiger partial charge in [0, 0.05) is 6.38 Å². The molecule has 0 heterocycles. The first-order valence-electron chi connectivity index (χ1n) is 5.61. The Morgan fingerprint density at radius 3 is 1.24 bits per heavy atom. The Morgan fingerprint density at radius 2 is 0.941 bits per heavy atom. The van der Waals surface area contributed by atoms with Gasteiger partial charge in [-0.1, -0.05) is 50.2 Å². The van der Waals surface area contributed by atoms with Crippen molar-refractivity contribution in [1.82, 2.24) is 0 Å². The Morgan fingerprint density at radius 1 is 0.647 bits per heavy atom. The molecule has 0 aliphatic rings. The van der Waals surface area contributed by atoms with Gasteiger partial charge in [-0.15, -0.1) is 11.6 Å². The summed E-state index contributed by atoms with van der Waals surface area (Å²) in [6, 6.07) is 19.5. The smallest absolute Gasteiger partial charge is 0.127 e. The number of ether oxygens (including phenoxy) is 1. The molecular formula is C15H19ClO. The summed E-state index contributed by atoms with van der Waals surface area (Å²) in [6.07, 6.45) is 1.47. The van der Waals surface area contributed by atoms with Crippen LogP contribution in [-0.2, 0) is 0 Å². The van der Waals surface area contributed by atoms with Gasteiger partial charge < -0.3 is 4.74 Å². The first-order chi connectivity index (χ1) is 8.45. The zero-order chi connectivity index (χ0) is 12.9. The first-order valence-corrected chi connectivity index (χ1v) is 6.36. The quantitative estimate of drug-likeness (QED) is 0.652. The molecule has 0 amide bonds. The molecule has 1 nitrogen and oxygen atoms in total. The van der Waals surface area contributed by atoms with Crippen LogP contribution in [0.2, 0.25) is 0 Å².